The van der Waals surface area contributed by atoms with E-state index in [1.165, 1.54) is 10.8 Å². The molecule has 0 saturated heterocycles. The van der Waals surface area contributed by atoms with Crippen LogP contribution in [0.4, 0.5) is 0 Å². The van der Waals surface area contributed by atoms with Crippen molar-refractivity contribution in [2.24, 2.45) is 0 Å². The molecule has 0 aliphatic rings. The zero-order valence-electron chi connectivity index (χ0n) is 11.2. The molecule has 0 spiro atoms. The predicted octanol–water partition coefficient (Wildman–Crippen LogP) is 2.72. The van der Waals surface area contributed by atoms with Crippen LogP contribution in [-0.4, -0.2) is 10.4 Å². The Hall–Kier alpha value is -2.88. The predicted molar refractivity (Wildman–Crippen MR) is 78.4 cm³/mol. The average Bonchev–Trinajstić information content (AvgIpc) is 2.89. The number of oxazole rings is 1. The normalized spacial score (nSPS) is 10.5. The Bertz CT molecular complexity index is 801. The summed E-state index contributed by atoms with van der Waals surface area (Å²) in [7, 11) is 0. The first-order valence-electron chi connectivity index (χ1n) is 6.58. The Morgan fingerprint density at radius 1 is 0.952 bits per heavy atom. The highest BCUT2D eigenvalue weighted by atomic mass is 16.4. The molecule has 0 aliphatic carbocycles. The third-order valence-electron chi connectivity index (χ3n) is 3.16. The van der Waals surface area contributed by atoms with Gasteiger partial charge >= 0.3 is 5.76 Å². The fourth-order valence-electron chi connectivity index (χ4n) is 2.10. The molecule has 0 unspecified atom stereocenters. The molecule has 0 aliphatic heterocycles. The molecule has 21 heavy (non-hydrogen) atoms. The SMILES string of the molecule is O=C(c1ccccc1)c1cn(Cc2ccccc2)c(=O)o1. The van der Waals surface area contributed by atoms with Crippen LogP contribution < -0.4 is 5.76 Å². The largest absolute Gasteiger partial charge is 0.419 e. The second kappa shape index (κ2) is 5.63. The van der Waals surface area contributed by atoms with E-state index in [0.29, 0.717) is 12.1 Å². The Balaban J connectivity index is 1.88. The van der Waals surface area contributed by atoms with Crippen molar-refractivity contribution in [3.63, 3.8) is 0 Å². The van der Waals surface area contributed by atoms with Gasteiger partial charge in [0.1, 0.15) is 0 Å². The van der Waals surface area contributed by atoms with Gasteiger partial charge in [0.05, 0.1) is 12.7 Å². The van der Waals surface area contributed by atoms with Crippen LogP contribution in [0.15, 0.2) is 76.1 Å². The van der Waals surface area contributed by atoms with Crippen LogP contribution in [0.2, 0.25) is 0 Å². The number of nitrogens with zero attached hydrogens (tertiary/aromatic N) is 1. The molecule has 4 nitrogen and oxygen atoms in total. The maximum Gasteiger partial charge on any atom is 0.419 e. The maximum absolute atomic E-state index is 12.2. The van der Waals surface area contributed by atoms with Crippen molar-refractivity contribution >= 4 is 5.78 Å². The molecule has 3 rings (SSSR count). The highest BCUT2D eigenvalue weighted by Crippen LogP contribution is 2.09. The van der Waals surface area contributed by atoms with Gasteiger partial charge in [-0.25, -0.2) is 4.79 Å². The van der Waals surface area contributed by atoms with Crippen molar-refractivity contribution < 1.29 is 9.21 Å². The van der Waals surface area contributed by atoms with E-state index in [0.717, 1.165) is 5.56 Å². The molecule has 1 heterocycles. The highest BCUT2D eigenvalue weighted by Gasteiger charge is 2.15. The molecule has 0 saturated carbocycles. The van der Waals surface area contributed by atoms with Crippen LogP contribution >= 0.6 is 0 Å². The summed E-state index contributed by atoms with van der Waals surface area (Å²) in [6.07, 6.45) is 1.46. The van der Waals surface area contributed by atoms with Crippen LogP contribution in [-0.2, 0) is 6.54 Å². The number of carbonyl (C=O) groups excluding carboxylic acids is 1. The summed E-state index contributed by atoms with van der Waals surface area (Å²) in [5.41, 5.74) is 1.47. The van der Waals surface area contributed by atoms with Gasteiger partial charge in [-0.2, -0.15) is 0 Å². The second-order valence-corrected chi connectivity index (χ2v) is 4.67. The van der Waals surface area contributed by atoms with E-state index in [1.54, 1.807) is 24.3 Å². The Morgan fingerprint density at radius 3 is 2.24 bits per heavy atom. The van der Waals surface area contributed by atoms with Crippen molar-refractivity contribution in [3.8, 4) is 0 Å². The van der Waals surface area contributed by atoms with Crippen molar-refractivity contribution in [3.05, 3.63) is 94.3 Å². The Kier molecular flexibility index (Phi) is 3.51. The van der Waals surface area contributed by atoms with Crippen molar-refractivity contribution in [1.29, 1.82) is 0 Å². The molecule has 0 N–H and O–H groups in total. The van der Waals surface area contributed by atoms with Gasteiger partial charge in [0.2, 0.25) is 5.78 Å². The first kappa shape index (κ1) is 13.1. The number of hydrogen-bond acceptors (Lipinski definition) is 3. The molecule has 0 atom stereocenters. The molecule has 0 amide bonds. The summed E-state index contributed by atoms with van der Waals surface area (Å²) < 4.78 is 6.46. The van der Waals surface area contributed by atoms with Gasteiger partial charge in [-0.05, 0) is 5.56 Å². The summed E-state index contributed by atoms with van der Waals surface area (Å²) in [6.45, 7) is 0.380. The zero-order valence-corrected chi connectivity index (χ0v) is 11.2. The van der Waals surface area contributed by atoms with Crippen LogP contribution in [0, 0.1) is 0 Å². The molecular formula is C17H13NO3. The van der Waals surface area contributed by atoms with Gasteiger partial charge in [-0.1, -0.05) is 60.7 Å². The molecule has 0 radical (unpaired) electrons. The quantitative estimate of drug-likeness (QED) is 0.690. The number of aromatic nitrogens is 1. The summed E-state index contributed by atoms with van der Waals surface area (Å²) >= 11 is 0. The fraction of sp³-hybridized carbons (Fsp3) is 0.0588. The van der Waals surface area contributed by atoms with Gasteiger partial charge < -0.3 is 4.42 Å². The number of carbonyl (C=O) groups is 1. The first-order chi connectivity index (χ1) is 10.2. The third-order valence-corrected chi connectivity index (χ3v) is 3.16. The maximum atomic E-state index is 12.2. The molecule has 104 valence electrons. The summed E-state index contributed by atoms with van der Waals surface area (Å²) in [4.78, 5) is 24.0. The van der Waals surface area contributed by atoms with Crippen LogP contribution in [0.25, 0.3) is 0 Å². The van der Waals surface area contributed by atoms with Gasteiger partial charge in [-0.15, -0.1) is 0 Å². The summed E-state index contributed by atoms with van der Waals surface area (Å²) in [6, 6.07) is 18.3. The second-order valence-electron chi connectivity index (χ2n) is 4.67. The minimum absolute atomic E-state index is 0.0575. The van der Waals surface area contributed by atoms with Gasteiger partial charge in [-0.3, -0.25) is 9.36 Å². The van der Waals surface area contributed by atoms with Gasteiger partial charge in [0.15, 0.2) is 5.76 Å². The topological polar surface area (TPSA) is 52.2 Å². The highest BCUT2D eigenvalue weighted by molar-refractivity contribution is 6.06. The monoisotopic (exact) mass is 279 g/mol. The minimum Gasteiger partial charge on any atom is -0.404 e. The van der Waals surface area contributed by atoms with Gasteiger partial charge in [0, 0.05) is 5.56 Å². The molecule has 3 aromatic rings. The van der Waals surface area contributed by atoms with Crippen LogP contribution in [0.1, 0.15) is 21.7 Å². The molecule has 0 bridgehead atoms. The Labute approximate surface area is 121 Å². The molecule has 2 aromatic carbocycles. The molecule has 0 fully saturated rings. The van der Waals surface area contributed by atoms with Crippen LogP contribution in [0.5, 0.6) is 0 Å². The van der Waals surface area contributed by atoms with E-state index in [2.05, 4.69) is 0 Å². The van der Waals surface area contributed by atoms with E-state index in [-0.39, 0.29) is 11.5 Å². The number of rotatable bonds is 4. The average molecular weight is 279 g/mol. The number of benzene rings is 2. The first-order valence-corrected chi connectivity index (χ1v) is 6.58. The lowest BCUT2D eigenvalue weighted by Gasteiger charge is -1.99. The standard InChI is InChI=1S/C17H13NO3/c19-16(14-9-5-2-6-10-14)15-12-18(17(20)21-15)11-13-7-3-1-4-8-13/h1-10,12H,11H2. The van der Waals surface area contributed by atoms with E-state index >= 15 is 0 Å². The van der Waals surface area contributed by atoms with E-state index in [4.69, 9.17) is 4.42 Å². The van der Waals surface area contributed by atoms with Gasteiger partial charge in [0.25, 0.3) is 0 Å². The fourth-order valence-corrected chi connectivity index (χ4v) is 2.10. The van der Waals surface area contributed by atoms with Crippen molar-refractivity contribution in [1.82, 2.24) is 4.57 Å². The van der Waals surface area contributed by atoms with Crippen molar-refractivity contribution in [2.45, 2.75) is 6.54 Å². The Morgan fingerprint density at radius 2 is 1.57 bits per heavy atom. The number of hydrogen-bond donors (Lipinski definition) is 0. The van der Waals surface area contributed by atoms with Crippen molar-refractivity contribution in [2.75, 3.05) is 0 Å². The third kappa shape index (κ3) is 2.84. The summed E-state index contributed by atoms with van der Waals surface area (Å²) in [5.74, 6) is -0.764. The minimum atomic E-state index is -0.530. The lowest BCUT2D eigenvalue weighted by molar-refractivity contribution is 0.101. The lowest BCUT2D eigenvalue weighted by Crippen LogP contribution is -2.13. The van der Waals surface area contributed by atoms with E-state index in [1.807, 2.05) is 36.4 Å². The summed E-state index contributed by atoms with van der Waals surface area (Å²) in [5, 5.41) is 0. The zero-order chi connectivity index (χ0) is 14.7. The number of ketones is 1. The van der Waals surface area contributed by atoms with Crippen LogP contribution in [0.3, 0.4) is 0 Å². The molecule has 1 aromatic heterocycles. The van der Waals surface area contributed by atoms with E-state index in [9.17, 15) is 9.59 Å². The molecule has 4 heteroatoms. The molecular weight excluding hydrogens is 266 g/mol. The van der Waals surface area contributed by atoms with E-state index < -0.39 is 5.76 Å². The lowest BCUT2D eigenvalue weighted by atomic mass is 10.1. The smallest absolute Gasteiger partial charge is 0.404 e.